The van der Waals surface area contributed by atoms with Gasteiger partial charge in [0.1, 0.15) is 0 Å². The summed E-state index contributed by atoms with van der Waals surface area (Å²) in [5.41, 5.74) is -1.01. The minimum Gasteiger partial charge on any atom is -0.352 e. The highest BCUT2D eigenvalue weighted by Gasteiger charge is 2.38. The fourth-order valence-electron chi connectivity index (χ4n) is 2.74. The second-order valence-corrected chi connectivity index (χ2v) is 7.64. The zero-order valence-corrected chi connectivity index (χ0v) is 14.0. The Kier molecular flexibility index (Phi) is 5.19. The Balaban J connectivity index is 2.41. The fourth-order valence-corrected chi connectivity index (χ4v) is 3.88. The van der Waals surface area contributed by atoms with E-state index >= 15 is 0 Å². The largest absolute Gasteiger partial charge is 0.416 e. The van der Waals surface area contributed by atoms with Crippen LogP contribution in [0.25, 0.3) is 0 Å². The number of hydrogen-bond acceptors (Lipinski definition) is 4. The monoisotopic (exact) mass is 365 g/mol. The van der Waals surface area contributed by atoms with Crippen molar-refractivity contribution in [3.8, 4) is 0 Å². The van der Waals surface area contributed by atoms with Gasteiger partial charge in [-0.25, -0.2) is 8.42 Å². The molecule has 1 aliphatic rings. The molecule has 1 aromatic heterocycles. The van der Waals surface area contributed by atoms with Crippen molar-refractivity contribution < 1.29 is 26.4 Å². The van der Waals surface area contributed by atoms with Crippen LogP contribution in [0.2, 0.25) is 0 Å². The van der Waals surface area contributed by atoms with E-state index in [0.717, 1.165) is 18.5 Å². The second-order valence-electron chi connectivity index (χ2n) is 5.71. The fraction of sp³-hybridized carbons (Fsp3) is 0.571. The van der Waals surface area contributed by atoms with E-state index in [4.69, 9.17) is 0 Å². The summed E-state index contributed by atoms with van der Waals surface area (Å²) in [4.78, 5) is 14.9. The third kappa shape index (κ3) is 4.23. The molecular formula is C14H18F3N3O3S. The topological polar surface area (TPSA) is 79.4 Å². The molecule has 2 rings (SSSR count). The van der Waals surface area contributed by atoms with Crippen LogP contribution in [0.1, 0.15) is 42.6 Å². The summed E-state index contributed by atoms with van der Waals surface area (Å²) in [6.45, 7) is 1.18. The summed E-state index contributed by atoms with van der Waals surface area (Å²) in [5.74, 6) is -0.453. The van der Waals surface area contributed by atoms with Gasteiger partial charge in [0, 0.05) is 31.8 Å². The van der Waals surface area contributed by atoms with Crippen LogP contribution in [-0.4, -0.2) is 36.4 Å². The van der Waals surface area contributed by atoms with Crippen molar-refractivity contribution in [2.24, 2.45) is 0 Å². The summed E-state index contributed by atoms with van der Waals surface area (Å²) in [7, 11) is -3.52. The van der Waals surface area contributed by atoms with Crippen LogP contribution in [-0.2, 0) is 27.5 Å². The molecule has 1 fully saturated rings. The molecule has 134 valence electrons. The quantitative estimate of drug-likeness (QED) is 0.883. The van der Waals surface area contributed by atoms with E-state index in [9.17, 15) is 26.4 Å². The molecule has 0 aromatic carbocycles. The van der Waals surface area contributed by atoms with E-state index in [2.05, 4.69) is 10.3 Å². The lowest BCUT2D eigenvalue weighted by Gasteiger charge is -2.23. The third-order valence-electron chi connectivity index (χ3n) is 3.81. The Labute approximate surface area is 138 Å². The predicted octanol–water partition coefficient (Wildman–Crippen LogP) is 1.83. The molecular weight excluding hydrogens is 347 g/mol. The van der Waals surface area contributed by atoms with Gasteiger partial charge in [0.25, 0.3) is 0 Å². The first-order valence-corrected chi connectivity index (χ1v) is 9.12. The number of carbonyl (C=O) groups excluding carboxylic acids is 1. The van der Waals surface area contributed by atoms with Gasteiger partial charge in [0.2, 0.25) is 15.9 Å². The average molecular weight is 365 g/mol. The number of nitrogens with zero attached hydrogens (tertiary/aromatic N) is 2. The second kappa shape index (κ2) is 6.67. The highest BCUT2D eigenvalue weighted by Crippen LogP contribution is 2.37. The molecule has 1 aromatic rings. The lowest BCUT2D eigenvalue weighted by Crippen LogP contribution is -2.30. The zero-order chi connectivity index (χ0) is 18.1. The van der Waals surface area contributed by atoms with Gasteiger partial charge in [-0.05, 0) is 18.9 Å². The number of halogens is 3. The van der Waals surface area contributed by atoms with Gasteiger partial charge in [-0.3, -0.25) is 9.78 Å². The van der Waals surface area contributed by atoms with E-state index in [0.29, 0.717) is 12.8 Å². The number of aromatic nitrogens is 1. The van der Waals surface area contributed by atoms with E-state index in [-0.39, 0.29) is 24.3 Å². The van der Waals surface area contributed by atoms with Crippen LogP contribution in [0, 0.1) is 0 Å². The molecule has 0 spiro atoms. The molecule has 1 amide bonds. The van der Waals surface area contributed by atoms with Gasteiger partial charge < -0.3 is 5.32 Å². The summed E-state index contributed by atoms with van der Waals surface area (Å²) in [5, 5.41) is 2.31. The summed E-state index contributed by atoms with van der Waals surface area (Å²) in [6, 6.07) is 0.182. The van der Waals surface area contributed by atoms with Crippen LogP contribution in [0.5, 0.6) is 0 Å². The Morgan fingerprint density at radius 1 is 1.46 bits per heavy atom. The number of nitrogens with one attached hydrogen (secondary N) is 1. The molecule has 1 aliphatic heterocycles. The van der Waals surface area contributed by atoms with Gasteiger partial charge in [-0.2, -0.15) is 17.5 Å². The highest BCUT2D eigenvalue weighted by molar-refractivity contribution is 7.88. The van der Waals surface area contributed by atoms with Crippen molar-refractivity contribution in [2.75, 3.05) is 12.8 Å². The molecule has 10 heteroatoms. The summed E-state index contributed by atoms with van der Waals surface area (Å²) < 4.78 is 64.6. The lowest BCUT2D eigenvalue weighted by molar-refractivity contribution is -0.138. The third-order valence-corrected chi connectivity index (χ3v) is 5.10. The van der Waals surface area contributed by atoms with Gasteiger partial charge in [0.05, 0.1) is 23.6 Å². The maximum atomic E-state index is 13.3. The Bertz CT molecular complexity index is 735. The molecule has 0 aliphatic carbocycles. The first-order chi connectivity index (χ1) is 11.0. The SMILES string of the molecule is CC(=O)NCc1cnc([C@H]2CCCN2S(C)(=O)=O)cc1C(F)(F)F. The lowest BCUT2D eigenvalue weighted by atomic mass is 10.0. The van der Waals surface area contributed by atoms with Gasteiger partial charge in [0.15, 0.2) is 0 Å². The minimum absolute atomic E-state index is 0.0665. The molecule has 1 saturated heterocycles. The van der Waals surface area contributed by atoms with Crippen LogP contribution in [0.4, 0.5) is 13.2 Å². The Morgan fingerprint density at radius 2 is 2.12 bits per heavy atom. The first kappa shape index (κ1) is 18.7. The van der Waals surface area contributed by atoms with E-state index in [1.807, 2.05) is 0 Å². The normalized spacial score (nSPS) is 19.5. The molecule has 0 radical (unpaired) electrons. The molecule has 1 atom stereocenters. The van der Waals surface area contributed by atoms with Crippen LogP contribution < -0.4 is 5.32 Å². The number of amides is 1. The number of pyridine rings is 1. The summed E-state index contributed by atoms with van der Waals surface area (Å²) in [6.07, 6.45) is -1.56. The van der Waals surface area contributed by atoms with Gasteiger partial charge in [-0.15, -0.1) is 0 Å². The Hall–Kier alpha value is -1.68. The first-order valence-electron chi connectivity index (χ1n) is 7.27. The van der Waals surface area contributed by atoms with Crippen molar-refractivity contribution in [1.82, 2.24) is 14.6 Å². The number of sulfonamides is 1. The van der Waals surface area contributed by atoms with Crippen molar-refractivity contribution in [3.05, 3.63) is 29.1 Å². The molecule has 0 bridgehead atoms. The molecule has 0 unspecified atom stereocenters. The molecule has 6 nitrogen and oxygen atoms in total. The van der Waals surface area contributed by atoms with Crippen molar-refractivity contribution in [1.29, 1.82) is 0 Å². The summed E-state index contributed by atoms with van der Waals surface area (Å²) >= 11 is 0. The zero-order valence-electron chi connectivity index (χ0n) is 13.2. The minimum atomic E-state index is -4.62. The molecule has 0 saturated carbocycles. The molecule has 1 N–H and O–H groups in total. The number of carbonyl (C=O) groups is 1. The van der Waals surface area contributed by atoms with Crippen molar-refractivity contribution in [2.45, 2.75) is 38.5 Å². The number of rotatable bonds is 4. The molecule has 2 heterocycles. The standard InChI is InChI=1S/C14H18F3N3O3S/c1-9(21)18-7-10-8-19-12(6-11(10)14(15,16)17)13-4-3-5-20(13)24(2,22)23/h6,8,13H,3-5,7H2,1-2H3,(H,18,21)/t13-/m1/s1. The number of hydrogen-bond donors (Lipinski definition) is 1. The average Bonchev–Trinajstić information content (AvgIpc) is 2.93. The van der Waals surface area contributed by atoms with Crippen molar-refractivity contribution in [3.63, 3.8) is 0 Å². The predicted molar refractivity (Wildman–Crippen MR) is 80.3 cm³/mol. The van der Waals surface area contributed by atoms with Crippen molar-refractivity contribution >= 4 is 15.9 Å². The van der Waals surface area contributed by atoms with Crippen LogP contribution in [0.3, 0.4) is 0 Å². The highest BCUT2D eigenvalue weighted by atomic mass is 32.2. The van der Waals surface area contributed by atoms with Crippen LogP contribution in [0.15, 0.2) is 12.3 Å². The van der Waals surface area contributed by atoms with Crippen LogP contribution >= 0.6 is 0 Å². The Morgan fingerprint density at radius 3 is 2.67 bits per heavy atom. The smallest absolute Gasteiger partial charge is 0.352 e. The van der Waals surface area contributed by atoms with E-state index in [1.54, 1.807) is 0 Å². The van der Waals surface area contributed by atoms with E-state index in [1.165, 1.54) is 11.2 Å². The number of alkyl halides is 3. The van der Waals surface area contributed by atoms with Gasteiger partial charge >= 0.3 is 6.18 Å². The molecule has 24 heavy (non-hydrogen) atoms. The maximum absolute atomic E-state index is 13.3. The maximum Gasteiger partial charge on any atom is 0.416 e. The van der Waals surface area contributed by atoms with E-state index < -0.39 is 33.7 Å². The van der Waals surface area contributed by atoms with Gasteiger partial charge in [-0.1, -0.05) is 0 Å².